The van der Waals surface area contributed by atoms with Crippen LogP contribution in [-0.2, 0) is 17.8 Å². The van der Waals surface area contributed by atoms with Gasteiger partial charge in [0, 0.05) is 5.56 Å². The summed E-state index contributed by atoms with van der Waals surface area (Å²) in [5, 5.41) is 10.2. The van der Waals surface area contributed by atoms with E-state index in [0.29, 0.717) is 17.5 Å². The lowest BCUT2D eigenvalue weighted by molar-refractivity contribution is -0.120. The molecular weight excluding hydrogens is 336 g/mol. The summed E-state index contributed by atoms with van der Waals surface area (Å²) in [5.41, 5.74) is 2.26. The molecule has 1 aromatic carbocycles. The number of hydrogen-bond acceptors (Lipinski definition) is 5. The van der Waals surface area contributed by atoms with Gasteiger partial charge < -0.3 is 9.73 Å². The summed E-state index contributed by atoms with van der Waals surface area (Å²) in [5.74, 6) is 1.34. The maximum atomic E-state index is 12.2. The molecule has 0 fully saturated rings. The van der Waals surface area contributed by atoms with Gasteiger partial charge in [-0.3, -0.25) is 9.89 Å². The molecule has 3 aromatic rings. The topological polar surface area (TPSA) is 83.8 Å². The second-order valence-electron chi connectivity index (χ2n) is 5.57. The van der Waals surface area contributed by atoms with Crippen molar-refractivity contribution in [1.82, 2.24) is 20.5 Å². The largest absolute Gasteiger partial charge is 0.467 e. The molecule has 0 radical (unpaired) electrons. The normalized spacial score (nSPS) is 12.1. The Hall–Kier alpha value is -2.54. The Labute approximate surface area is 150 Å². The molecule has 0 saturated carbocycles. The van der Waals surface area contributed by atoms with Gasteiger partial charge in [0.2, 0.25) is 11.1 Å². The minimum atomic E-state index is -0.305. The molecule has 0 saturated heterocycles. The summed E-state index contributed by atoms with van der Waals surface area (Å²) < 4.78 is 5.20. The van der Waals surface area contributed by atoms with Crippen molar-refractivity contribution in [3.8, 4) is 11.4 Å². The Morgan fingerprint density at radius 3 is 2.80 bits per heavy atom. The number of hydrogen-bond donors (Lipinski definition) is 2. The van der Waals surface area contributed by atoms with Crippen molar-refractivity contribution in [3.05, 3.63) is 54.0 Å². The third kappa shape index (κ3) is 4.51. The number of rotatable bonds is 7. The van der Waals surface area contributed by atoms with Crippen LogP contribution in [0.2, 0.25) is 0 Å². The van der Waals surface area contributed by atoms with E-state index in [4.69, 9.17) is 4.42 Å². The van der Waals surface area contributed by atoms with Gasteiger partial charge in [-0.1, -0.05) is 43.0 Å². The molecule has 3 rings (SSSR count). The van der Waals surface area contributed by atoms with E-state index >= 15 is 0 Å². The molecule has 130 valence electrons. The Morgan fingerprint density at radius 2 is 2.12 bits per heavy atom. The predicted octanol–water partition coefficient (Wildman–Crippen LogP) is 3.42. The maximum absolute atomic E-state index is 12.2. The second kappa shape index (κ2) is 8.02. The first-order valence-electron chi connectivity index (χ1n) is 8.14. The lowest BCUT2D eigenvalue weighted by atomic mass is 10.1. The highest BCUT2D eigenvalue weighted by molar-refractivity contribution is 8.00. The summed E-state index contributed by atoms with van der Waals surface area (Å²) in [7, 11) is 0. The zero-order valence-corrected chi connectivity index (χ0v) is 15.0. The van der Waals surface area contributed by atoms with Crippen LogP contribution in [0, 0.1) is 0 Å². The van der Waals surface area contributed by atoms with E-state index < -0.39 is 0 Å². The van der Waals surface area contributed by atoms with Crippen LogP contribution in [0.15, 0.2) is 52.2 Å². The van der Waals surface area contributed by atoms with Gasteiger partial charge in [0.15, 0.2) is 5.82 Å². The van der Waals surface area contributed by atoms with Crippen LogP contribution < -0.4 is 5.32 Å². The summed E-state index contributed by atoms with van der Waals surface area (Å²) >= 11 is 1.32. The number of aryl methyl sites for hydroxylation is 1. The molecule has 7 heteroatoms. The molecule has 0 spiro atoms. The number of furan rings is 1. The first-order valence-corrected chi connectivity index (χ1v) is 9.02. The fourth-order valence-corrected chi connectivity index (χ4v) is 3.02. The number of aromatic nitrogens is 3. The number of nitrogens with zero attached hydrogens (tertiary/aromatic N) is 2. The smallest absolute Gasteiger partial charge is 0.233 e. The summed E-state index contributed by atoms with van der Waals surface area (Å²) in [6.45, 7) is 4.32. The van der Waals surface area contributed by atoms with E-state index in [1.807, 2.05) is 25.1 Å². The van der Waals surface area contributed by atoms with E-state index in [1.165, 1.54) is 17.3 Å². The molecule has 1 atom stereocenters. The number of benzene rings is 1. The number of thioether (sulfide) groups is 1. The fraction of sp³-hybridized carbons (Fsp3) is 0.278. The van der Waals surface area contributed by atoms with Crippen molar-refractivity contribution in [1.29, 1.82) is 0 Å². The first-order chi connectivity index (χ1) is 12.2. The number of carbonyl (C=O) groups is 1. The van der Waals surface area contributed by atoms with E-state index in [1.54, 1.807) is 12.3 Å². The summed E-state index contributed by atoms with van der Waals surface area (Å²) in [6, 6.07) is 11.8. The molecule has 2 aromatic heterocycles. The number of carbonyl (C=O) groups excluding carboxylic acids is 1. The van der Waals surface area contributed by atoms with Crippen molar-refractivity contribution < 1.29 is 9.21 Å². The molecule has 0 aliphatic heterocycles. The van der Waals surface area contributed by atoms with Crippen LogP contribution >= 0.6 is 11.8 Å². The Balaban J connectivity index is 1.57. The zero-order valence-electron chi connectivity index (χ0n) is 14.2. The van der Waals surface area contributed by atoms with E-state index in [-0.39, 0.29) is 11.2 Å². The van der Waals surface area contributed by atoms with E-state index in [0.717, 1.165) is 17.7 Å². The molecule has 1 amide bonds. The molecule has 2 N–H and O–H groups in total. The Morgan fingerprint density at radius 1 is 1.32 bits per heavy atom. The molecule has 25 heavy (non-hydrogen) atoms. The van der Waals surface area contributed by atoms with E-state index in [9.17, 15) is 4.79 Å². The van der Waals surface area contributed by atoms with Crippen LogP contribution in [0.3, 0.4) is 0 Å². The molecule has 0 aliphatic carbocycles. The number of H-pyrrole nitrogens is 1. The van der Waals surface area contributed by atoms with Gasteiger partial charge in [0.1, 0.15) is 5.76 Å². The van der Waals surface area contributed by atoms with E-state index in [2.05, 4.69) is 39.6 Å². The molecular formula is C18H20N4O2S. The van der Waals surface area contributed by atoms with Gasteiger partial charge in [0.05, 0.1) is 18.1 Å². The molecule has 0 aliphatic rings. The van der Waals surface area contributed by atoms with Gasteiger partial charge in [-0.15, -0.1) is 5.10 Å². The van der Waals surface area contributed by atoms with Gasteiger partial charge in [0.25, 0.3) is 0 Å². The third-order valence-electron chi connectivity index (χ3n) is 3.77. The number of aromatic amines is 1. The average molecular weight is 356 g/mol. The number of nitrogens with one attached hydrogen (secondary N) is 2. The Kier molecular flexibility index (Phi) is 5.55. The summed E-state index contributed by atoms with van der Waals surface area (Å²) in [4.78, 5) is 16.6. The van der Waals surface area contributed by atoms with Crippen LogP contribution in [0.1, 0.15) is 25.2 Å². The zero-order chi connectivity index (χ0) is 17.6. The maximum Gasteiger partial charge on any atom is 0.233 e. The lowest BCUT2D eigenvalue weighted by Crippen LogP contribution is -2.30. The van der Waals surface area contributed by atoms with Crippen molar-refractivity contribution >= 4 is 17.7 Å². The van der Waals surface area contributed by atoms with Crippen molar-refractivity contribution in [3.63, 3.8) is 0 Å². The van der Waals surface area contributed by atoms with Crippen LogP contribution in [0.5, 0.6) is 0 Å². The van der Waals surface area contributed by atoms with Crippen molar-refractivity contribution in [2.24, 2.45) is 0 Å². The highest BCUT2D eigenvalue weighted by atomic mass is 32.2. The molecule has 2 heterocycles. The van der Waals surface area contributed by atoms with Gasteiger partial charge in [-0.05, 0) is 31.0 Å². The minimum absolute atomic E-state index is 0.0833. The molecule has 0 unspecified atom stereocenters. The fourth-order valence-electron chi connectivity index (χ4n) is 2.27. The highest BCUT2D eigenvalue weighted by Crippen LogP contribution is 2.23. The standard InChI is InChI=1S/C18H20N4O2S/c1-3-13-6-8-14(9-7-13)16-20-18(22-21-16)25-12(2)17(23)19-11-15-5-4-10-24-15/h4-10,12H,3,11H2,1-2H3,(H,19,23)(H,20,21,22)/t12-/m1/s1. The first kappa shape index (κ1) is 17.3. The molecule has 6 nitrogen and oxygen atoms in total. The van der Waals surface area contributed by atoms with Gasteiger partial charge >= 0.3 is 0 Å². The number of amides is 1. The van der Waals surface area contributed by atoms with Gasteiger partial charge in [-0.25, -0.2) is 4.98 Å². The van der Waals surface area contributed by atoms with Crippen LogP contribution in [0.25, 0.3) is 11.4 Å². The second-order valence-corrected chi connectivity index (χ2v) is 6.88. The van der Waals surface area contributed by atoms with Crippen molar-refractivity contribution in [2.75, 3.05) is 0 Å². The summed E-state index contributed by atoms with van der Waals surface area (Å²) in [6.07, 6.45) is 2.59. The van der Waals surface area contributed by atoms with Gasteiger partial charge in [-0.2, -0.15) is 0 Å². The SMILES string of the molecule is CCc1ccc(-c2nc(S[C@H](C)C(=O)NCc3ccco3)n[nH]2)cc1. The van der Waals surface area contributed by atoms with Crippen LogP contribution in [0.4, 0.5) is 0 Å². The lowest BCUT2D eigenvalue weighted by Gasteiger charge is -2.08. The minimum Gasteiger partial charge on any atom is -0.467 e. The Bertz CT molecular complexity index is 812. The van der Waals surface area contributed by atoms with Crippen molar-refractivity contribution in [2.45, 2.75) is 37.2 Å². The molecule has 0 bridgehead atoms. The average Bonchev–Trinajstić information content (AvgIpc) is 3.31. The quantitative estimate of drug-likeness (QED) is 0.634. The van der Waals surface area contributed by atoms with Crippen LogP contribution in [-0.4, -0.2) is 26.3 Å². The monoisotopic (exact) mass is 356 g/mol. The predicted molar refractivity (Wildman–Crippen MR) is 97.1 cm³/mol. The highest BCUT2D eigenvalue weighted by Gasteiger charge is 2.17. The third-order valence-corrected chi connectivity index (χ3v) is 4.73.